The number of nitro benzene ring substituents is 1. The van der Waals surface area contributed by atoms with E-state index in [-0.39, 0.29) is 16.4 Å². The van der Waals surface area contributed by atoms with Gasteiger partial charge in [0.25, 0.3) is 5.69 Å². The highest BCUT2D eigenvalue weighted by Gasteiger charge is 2.31. The van der Waals surface area contributed by atoms with E-state index in [0.29, 0.717) is 63.7 Å². The molecule has 172 valence electrons. The highest BCUT2D eigenvalue weighted by Crippen LogP contribution is 2.33. The first kappa shape index (κ1) is 22.4. The monoisotopic (exact) mass is 463 g/mol. The standard InChI is InChI=1S/C21H26FN5O4S/c1-23-8-14-26(15-9-23)32(30,31)17-6-7-20(21(16-17)27(28)29)25-12-10-24(11-13-25)19-5-3-2-4-18(19)22/h2-7,16H,8-15H2,1H3. The topological polar surface area (TPSA) is 90.2 Å². The Balaban J connectivity index is 1.54. The van der Waals surface area contributed by atoms with Gasteiger partial charge in [0.1, 0.15) is 11.5 Å². The second-order valence-corrected chi connectivity index (χ2v) is 9.98. The summed E-state index contributed by atoms with van der Waals surface area (Å²) in [6.45, 7) is 3.86. The largest absolute Gasteiger partial charge is 0.366 e. The van der Waals surface area contributed by atoms with Gasteiger partial charge in [-0.05, 0) is 31.3 Å². The maximum Gasteiger partial charge on any atom is 0.293 e. The zero-order valence-corrected chi connectivity index (χ0v) is 18.7. The Morgan fingerprint density at radius 1 is 0.875 bits per heavy atom. The maximum atomic E-state index is 14.1. The number of nitrogens with zero attached hydrogens (tertiary/aromatic N) is 5. The lowest BCUT2D eigenvalue weighted by Gasteiger charge is -2.37. The summed E-state index contributed by atoms with van der Waals surface area (Å²) in [5.41, 5.74) is 0.648. The molecule has 0 atom stereocenters. The highest BCUT2D eigenvalue weighted by atomic mass is 32.2. The van der Waals surface area contributed by atoms with Crippen LogP contribution in [0.2, 0.25) is 0 Å². The van der Waals surface area contributed by atoms with E-state index in [1.54, 1.807) is 18.2 Å². The van der Waals surface area contributed by atoms with Crippen LogP contribution >= 0.6 is 0 Å². The van der Waals surface area contributed by atoms with E-state index in [0.717, 1.165) is 6.07 Å². The van der Waals surface area contributed by atoms with Gasteiger partial charge in [0, 0.05) is 58.4 Å². The summed E-state index contributed by atoms with van der Waals surface area (Å²) in [6, 6.07) is 10.6. The van der Waals surface area contributed by atoms with E-state index in [1.807, 2.05) is 21.7 Å². The van der Waals surface area contributed by atoms with E-state index >= 15 is 0 Å². The van der Waals surface area contributed by atoms with Crippen LogP contribution in [0.5, 0.6) is 0 Å². The van der Waals surface area contributed by atoms with Gasteiger partial charge in [-0.3, -0.25) is 10.1 Å². The number of para-hydroxylation sites is 1. The van der Waals surface area contributed by atoms with Crippen molar-refractivity contribution in [3.63, 3.8) is 0 Å². The molecule has 4 rings (SSSR count). The third-order valence-electron chi connectivity index (χ3n) is 6.06. The summed E-state index contributed by atoms with van der Waals surface area (Å²) in [7, 11) is -1.88. The summed E-state index contributed by atoms with van der Waals surface area (Å²) < 4.78 is 41.5. The Labute approximate surface area is 186 Å². The quantitative estimate of drug-likeness (QED) is 0.495. The van der Waals surface area contributed by atoms with Crippen LogP contribution in [0, 0.1) is 15.9 Å². The zero-order valence-electron chi connectivity index (χ0n) is 17.9. The minimum atomic E-state index is -3.80. The maximum absolute atomic E-state index is 14.1. The fourth-order valence-corrected chi connectivity index (χ4v) is 5.59. The van der Waals surface area contributed by atoms with Crippen LogP contribution in [0.4, 0.5) is 21.5 Å². The van der Waals surface area contributed by atoms with E-state index in [9.17, 15) is 22.9 Å². The molecule has 32 heavy (non-hydrogen) atoms. The van der Waals surface area contributed by atoms with E-state index < -0.39 is 14.9 Å². The molecule has 2 aliphatic heterocycles. The third-order valence-corrected chi connectivity index (χ3v) is 7.95. The molecule has 2 saturated heterocycles. The molecule has 0 unspecified atom stereocenters. The van der Waals surface area contributed by atoms with Gasteiger partial charge in [-0.2, -0.15) is 4.31 Å². The summed E-state index contributed by atoms with van der Waals surface area (Å²) in [5, 5.41) is 11.8. The molecule has 2 fully saturated rings. The average Bonchev–Trinajstić information content (AvgIpc) is 2.79. The first-order valence-corrected chi connectivity index (χ1v) is 11.9. The number of halogens is 1. The Morgan fingerprint density at radius 3 is 2.06 bits per heavy atom. The van der Waals surface area contributed by atoms with Gasteiger partial charge in [0.2, 0.25) is 10.0 Å². The van der Waals surface area contributed by atoms with E-state index in [2.05, 4.69) is 0 Å². The molecule has 0 N–H and O–H groups in total. The number of rotatable bonds is 5. The van der Waals surface area contributed by atoms with Crippen LogP contribution in [0.15, 0.2) is 47.4 Å². The lowest BCUT2D eigenvalue weighted by Crippen LogP contribution is -2.47. The fraction of sp³-hybridized carbons (Fsp3) is 0.429. The number of likely N-dealkylation sites (N-methyl/N-ethyl adjacent to an activating group) is 1. The molecular formula is C21H26FN5O4S. The van der Waals surface area contributed by atoms with Crippen LogP contribution in [0.25, 0.3) is 0 Å². The van der Waals surface area contributed by atoms with Crippen molar-refractivity contribution in [3.8, 4) is 0 Å². The minimum Gasteiger partial charge on any atom is -0.366 e. The molecule has 0 radical (unpaired) electrons. The van der Waals surface area contributed by atoms with Crippen molar-refractivity contribution in [1.29, 1.82) is 0 Å². The predicted molar refractivity (Wildman–Crippen MR) is 120 cm³/mol. The molecule has 2 aliphatic rings. The van der Waals surface area contributed by atoms with Gasteiger partial charge >= 0.3 is 0 Å². The average molecular weight is 464 g/mol. The number of benzene rings is 2. The number of hydrogen-bond acceptors (Lipinski definition) is 7. The van der Waals surface area contributed by atoms with E-state index in [4.69, 9.17) is 0 Å². The molecule has 0 aromatic heterocycles. The number of nitro groups is 1. The van der Waals surface area contributed by atoms with Gasteiger partial charge in [-0.1, -0.05) is 12.1 Å². The van der Waals surface area contributed by atoms with Crippen molar-refractivity contribution in [2.75, 3.05) is 69.2 Å². The highest BCUT2D eigenvalue weighted by molar-refractivity contribution is 7.89. The molecule has 0 aliphatic carbocycles. The first-order chi connectivity index (χ1) is 15.3. The normalized spacial score (nSPS) is 18.7. The van der Waals surface area contributed by atoms with Gasteiger partial charge in [0.15, 0.2) is 0 Å². The fourth-order valence-electron chi connectivity index (χ4n) is 4.15. The minimum absolute atomic E-state index is 0.0671. The SMILES string of the molecule is CN1CCN(S(=O)(=O)c2ccc(N3CCN(c4ccccc4F)CC3)c([N+](=O)[O-])c2)CC1. The summed E-state index contributed by atoms with van der Waals surface area (Å²) in [5.74, 6) is -0.301. The molecule has 0 saturated carbocycles. The molecule has 0 bridgehead atoms. The molecule has 9 nitrogen and oxygen atoms in total. The number of sulfonamides is 1. The van der Waals surface area contributed by atoms with Crippen LogP contribution < -0.4 is 9.80 Å². The third kappa shape index (κ3) is 4.41. The summed E-state index contributed by atoms with van der Waals surface area (Å²) in [4.78, 5) is 17.0. The number of piperazine rings is 2. The second-order valence-electron chi connectivity index (χ2n) is 8.04. The molecule has 2 heterocycles. The number of anilines is 2. The van der Waals surface area contributed by atoms with Crippen LogP contribution in [0.1, 0.15) is 0 Å². The van der Waals surface area contributed by atoms with Gasteiger partial charge in [0.05, 0.1) is 15.5 Å². The molecule has 0 amide bonds. The van der Waals surface area contributed by atoms with Gasteiger partial charge < -0.3 is 14.7 Å². The van der Waals surface area contributed by atoms with Gasteiger partial charge in [-0.15, -0.1) is 0 Å². The van der Waals surface area contributed by atoms with Crippen molar-refractivity contribution in [3.05, 3.63) is 58.4 Å². The molecule has 2 aromatic carbocycles. The Bertz CT molecular complexity index is 1100. The zero-order chi connectivity index (χ0) is 22.9. The van der Waals surface area contributed by atoms with Crippen LogP contribution in [-0.2, 0) is 10.0 Å². The second kappa shape index (κ2) is 9.00. The van der Waals surface area contributed by atoms with Gasteiger partial charge in [-0.25, -0.2) is 12.8 Å². The smallest absolute Gasteiger partial charge is 0.293 e. The molecule has 0 spiro atoms. The van der Waals surface area contributed by atoms with Crippen molar-refractivity contribution >= 4 is 27.1 Å². The predicted octanol–water partition coefficient (Wildman–Crippen LogP) is 2.00. The summed E-state index contributed by atoms with van der Waals surface area (Å²) in [6.07, 6.45) is 0. The van der Waals surface area contributed by atoms with Crippen molar-refractivity contribution in [2.45, 2.75) is 4.90 Å². The number of hydrogen-bond donors (Lipinski definition) is 0. The Kier molecular flexibility index (Phi) is 6.31. The van der Waals surface area contributed by atoms with E-state index in [1.165, 1.54) is 22.5 Å². The lowest BCUT2D eigenvalue weighted by molar-refractivity contribution is -0.384. The van der Waals surface area contributed by atoms with Crippen LogP contribution in [-0.4, -0.2) is 82.0 Å². The molecular weight excluding hydrogens is 437 g/mol. The van der Waals surface area contributed by atoms with Crippen LogP contribution in [0.3, 0.4) is 0 Å². The Morgan fingerprint density at radius 2 is 1.47 bits per heavy atom. The van der Waals surface area contributed by atoms with Crippen molar-refractivity contribution in [1.82, 2.24) is 9.21 Å². The summed E-state index contributed by atoms with van der Waals surface area (Å²) >= 11 is 0. The Hall–Kier alpha value is -2.76. The molecule has 11 heteroatoms. The van der Waals surface area contributed by atoms with Crippen molar-refractivity contribution < 1.29 is 17.7 Å². The first-order valence-electron chi connectivity index (χ1n) is 10.5. The molecule has 2 aromatic rings. The lowest BCUT2D eigenvalue weighted by atomic mass is 10.2. The van der Waals surface area contributed by atoms with Crippen molar-refractivity contribution in [2.24, 2.45) is 0 Å².